The lowest BCUT2D eigenvalue weighted by molar-refractivity contribution is 0.405. The minimum absolute atomic E-state index is 0.321. The van der Waals surface area contributed by atoms with Gasteiger partial charge in [0.25, 0.3) is 0 Å². The molecule has 0 aliphatic heterocycles. The molecule has 0 spiro atoms. The van der Waals surface area contributed by atoms with Gasteiger partial charge in [-0.1, -0.05) is 13.3 Å². The molecule has 1 N–H and O–H groups in total. The fourth-order valence-corrected chi connectivity index (χ4v) is 0.988. The lowest BCUT2D eigenvalue weighted by Gasteiger charge is -2.15. The van der Waals surface area contributed by atoms with Crippen molar-refractivity contribution in [1.82, 2.24) is 10.6 Å². The maximum absolute atomic E-state index is 4.44. The summed E-state index contributed by atoms with van der Waals surface area (Å²) in [5.41, 5.74) is 0. The summed E-state index contributed by atoms with van der Waals surface area (Å²) >= 11 is 0. The third-order valence-electron chi connectivity index (χ3n) is 1.49. The van der Waals surface area contributed by atoms with Crippen molar-refractivity contribution in [2.24, 2.45) is 0 Å². The van der Waals surface area contributed by atoms with Crippen LogP contribution in [0.1, 0.15) is 40.5 Å². The molecule has 0 saturated carbocycles. The van der Waals surface area contributed by atoms with E-state index in [9.17, 15) is 0 Å². The molecular weight excluding hydrogens is 136 g/mol. The fourth-order valence-electron chi connectivity index (χ4n) is 0.988. The molecule has 0 aromatic rings. The van der Waals surface area contributed by atoms with Gasteiger partial charge in [0.05, 0.1) is 6.17 Å². The summed E-state index contributed by atoms with van der Waals surface area (Å²) < 4.78 is 0. The first-order valence-electron chi connectivity index (χ1n) is 4.60. The van der Waals surface area contributed by atoms with Crippen LogP contribution in [0, 0.1) is 0 Å². The normalized spacial score (nSPS) is 13.9. The van der Waals surface area contributed by atoms with Crippen molar-refractivity contribution >= 4 is 0 Å². The zero-order chi connectivity index (χ0) is 8.69. The number of rotatable bonds is 6. The van der Waals surface area contributed by atoms with Gasteiger partial charge in [-0.05, 0) is 33.7 Å². The summed E-state index contributed by atoms with van der Waals surface area (Å²) in [6, 6.07) is 0.444. The Balaban J connectivity index is 3.15. The molecule has 0 amide bonds. The number of nitrogens with one attached hydrogen (secondary N) is 1. The third-order valence-corrected chi connectivity index (χ3v) is 1.49. The Morgan fingerprint density at radius 2 is 1.91 bits per heavy atom. The van der Waals surface area contributed by atoms with Crippen molar-refractivity contribution < 1.29 is 0 Å². The molecule has 1 unspecified atom stereocenters. The minimum atomic E-state index is 0.321. The molecule has 2 nitrogen and oxygen atoms in total. The average molecular weight is 157 g/mol. The van der Waals surface area contributed by atoms with Crippen LogP contribution in [0.4, 0.5) is 0 Å². The molecule has 0 aromatic heterocycles. The summed E-state index contributed by atoms with van der Waals surface area (Å²) in [4.78, 5) is 0. The summed E-state index contributed by atoms with van der Waals surface area (Å²) in [6.07, 6.45) is 2.82. The van der Waals surface area contributed by atoms with Crippen molar-refractivity contribution in [3.05, 3.63) is 0 Å². The Morgan fingerprint density at radius 3 is 2.36 bits per heavy atom. The van der Waals surface area contributed by atoms with Crippen LogP contribution in [0.3, 0.4) is 0 Å². The second-order valence-corrected chi connectivity index (χ2v) is 3.23. The molecule has 0 aliphatic rings. The van der Waals surface area contributed by atoms with Crippen molar-refractivity contribution in [1.29, 1.82) is 0 Å². The first-order chi connectivity index (χ1) is 5.16. The SMILES string of the molecule is CCCCNC(C)[N]C(C)C. The van der Waals surface area contributed by atoms with Gasteiger partial charge in [-0.3, -0.25) is 0 Å². The highest BCUT2D eigenvalue weighted by Gasteiger charge is 2.02. The Morgan fingerprint density at radius 1 is 1.27 bits per heavy atom. The monoisotopic (exact) mass is 157 g/mol. The molecule has 2 heteroatoms. The van der Waals surface area contributed by atoms with Crippen LogP contribution in [0.15, 0.2) is 0 Å². The molecule has 0 bridgehead atoms. The van der Waals surface area contributed by atoms with E-state index < -0.39 is 0 Å². The van der Waals surface area contributed by atoms with Crippen LogP contribution >= 0.6 is 0 Å². The molecule has 0 fully saturated rings. The first-order valence-corrected chi connectivity index (χ1v) is 4.60. The standard InChI is InChI=1S/C9H21N2/c1-5-6-7-10-9(4)11-8(2)3/h8-10H,5-7H2,1-4H3. The zero-order valence-electron chi connectivity index (χ0n) is 8.22. The van der Waals surface area contributed by atoms with Crippen LogP contribution in [0.25, 0.3) is 0 Å². The lowest BCUT2D eigenvalue weighted by Crippen LogP contribution is -2.38. The predicted octanol–water partition coefficient (Wildman–Crippen LogP) is 1.73. The van der Waals surface area contributed by atoms with Crippen molar-refractivity contribution in [2.75, 3.05) is 6.54 Å². The maximum atomic E-state index is 4.44. The second-order valence-electron chi connectivity index (χ2n) is 3.23. The molecule has 0 aromatic carbocycles. The molecule has 1 radical (unpaired) electrons. The van der Waals surface area contributed by atoms with Crippen molar-refractivity contribution in [2.45, 2.75) is 52.7 Å². The van der Waals surface area contributed by atoms with E-state index >= 15 is 0 Å². The van der Waals surface area contributed by atoms with Gasteiger partial charge in [0.1, 0.15) is 0 Å². The lowest BCUT2D eigenvalue weighted by atomic mass is 10.3. The average Bonchev–Trinajstić information content (AvgIpc) is 1.86. The zero-order valence-corrected chi connectivity index (χ0v) is 8.22. The third kappa shape index (κ3) is 7.82. The number of hydrogen-bond acceptors (Lipinski definition) is 1. The van der Waals surface area contributed by atoms with Crippen LogP contribution in [0.5, 0.6) is 0 Å². The van der Waals surface area contributed by atoms with Gasteiger partial charge in [0.15, 0.2) is 0 Å². The molecule has 0 rings (SSSR count). The van der Waals surface area contributed by atoms with Gasteiger partial charge in [0.2, 0.25) is 0 Å². The molecule has 0 aliphatic carbocycles. The Kier molecular flexibility index (Phi) is 6.57. The minimum Gasteiger partial charge on any atom is -0.301 e. The van der Waals surface area contributed by atoms with Crippen LogP contribution in [-0.4, -0.2) is 18.8 Å². The van der Waals surface area contributed by atoms with Crippen LogP contribution < -0.4 is 10.6 Å². The summed E-state index contributed by atoms with van der Waals surface area (Å²) in [5.74, 6) is 0. The van der Waals surface area contributed by atoms with Crippen LogP contribution in [0.2, 0.25) is 0 Å². The highest BCUT2D eigenvalue weighted by molar-refractivity contribution is 4.60. The topological polar surface area (TPSA) is 26.1 Å². The van der Waals surface area contributed by atoms with E-state index in [0.717, 1.165) is 6.54 Å². The number of unbranched alkanes of at least 4 members (excludes halogenated alkanes) is 1. The van der Waals surface area contributed by atoms with E-state index in [1.54, 1.807) is 0 Å². The van der Waals surface area contributed by atoms with Crippen molar-refractivity contribution in [3.63, 3.8) is 0 Å². The summed E-state index contributed by atoms with van der Waals surface area (Å²) in [5, 5.41) is 7.79. The highest BCUT2D eigenvalue weighted by Crippen LogP contribution is 1.87. The van der Waals surface area contributed by atoms with Crippen molar-refractivity contribution in [3.8, 4) is 0 Å². The Hall–Kier alpha value is -0.0800. The predicted molar refractivity (Wildman–Crippen MR) is 49.6 cm³/mol. The van der Waals surface area contributed by atoms with Gasteiger partial charge in [-0.15, -0.1) is 0 Å². The fraction of sp³-hybridized carbons (Fsp3) is 1.00. The second kappa shape index (κ2) is 6.62. The quantitative estimate of drug-likeness (QED) is 0.584. The molecule has 1 atom stereocenters. The van der Waals surface area contributed by atoms with Gasteiger partial charge >= 0.3 is 0 Å². The van der Waals surface area contributed by atoms with E-state index in [-0.39, 0.29) is 0 Å². The molecule has 67 valence electrons. The smallest absolute Gasteiger partial charge is 0.0710 e. The van der Waals surface area contributed by atoms with Gasteiger partial charge in [-0.25, -0.2) is 5.32 Å². The van der Waals surface area contributed by atoms with E-state index in [4.69, 9.17) is 0 Å². The number of hydrogen-bond donors (Lipinski definition) is 1. The van der Waals surface area contributed by atoms with Gasteiger partial charge < -0.3 is 5.32 Å². The van der Waals surface area contributed by atoms with Gasteiger partial charge in [0, 0.05) is 6.04 Å². The van der Waals surface area contributed by atoms with E-state index in [1.165, 1.54) is 12.8 Å². The van der Waals surface area contributed by atoms with Gasteiger partial charge in [-0.2, -0.15) is 0 Å². The first kappa shape index (κ1) is 10.9. The summed E-state index contributed by atoms with van der Waals surface area (Å²) in [7, 11) is 0. The summed E-state index contributed by atoms with van der Waals surface area (Å²) in [6.45, 7) is 9.62. The highest BCUT2D eigenvalue weighted by atomic mass is 15.1. The Bertz CT molecular complexity index is 81.6. The van der Waals surface area contributed by atoms with E-state index in [0.29, 0.717) is 12.2 Å². The molecular formula is C9H21N2. The maximum Gasteiger partial charge on any atom is 0.0710 e. The molecule has 0 heterocycles. The van der Waals surface area contributed by atoms with E-state index in [2.05, 4.69) is 38.3 Å². The number of nitrogens with zero attached hydrogens (tertiary/aromatic N) is 1. The Labute approximate surface area is 70.8 Å². The van der Waals surface area contributed by atoms with Crippen LogP contribution in [-0.2, 0) is 0 Å². The van der Waals surface area contributed by atoms with E-state index in [1.807, 2.05) is 0 Å². The molecule has 11 heavy (non-hydrogen) atoms. The molecule has 0 saturated heterocycles. The largest absolute Gasteiger partial charge is 0.301 e.